The molecule has 0 saturated carbocycles. The third-order valence-electron chi connectivity index (χ3n) is 5.39. The Balaban J connectivity index is 1.52. The minimum absolute atomic E-state index is 0.0504. The van der Waals surface area contributed by atoms with Gasteiger partial charge in [0.25, 0.3) is 0 Å². The summed E-state index contributed by atoms with van der Waals surface area (Å²) in [5.41, 5.74) is 2.55. The summed E-state index contributed by atoms with van der Waals surface area (Å²) in [6, 6.07) is 18.3. The lowest BCUT2D eigenvalue weighted by atomic mass is 10.0. The molecule has 7 heteroatoms. The second kappa shape index (κ2) is 11.4. The van der Waals surface area contributed by atoms with Crippen LogP contribution in [-0.2, 0) is 25.4 Å². The van der Waals surface area contributed by atoms with Crippen LogP contribution in [0.1, 0.15) is 48.4 Å². The Morgan fingerprint density at radius 1 is 0.559 bits per heavy atom. The molecule has 0 atom stereocenters. The second-order valence-electron chi connectivity index (χ2n) is 8.11. The molecule has 3 aromatic carbocycles. The van der Waals surface area contributed by atoms with Crippen molar-refractivity contribution in [1.29, 1.82) is 0 Å². The summed E-state index contributed by atoms with van der Waals surface area (Å²) in [4.78, 5) is 0. The summed E-state index contributed by atoms with van der Waals surface area (Å²) in [6.07, 6.45) is -2.89. The Morgan fingerprint density at radius 3 is 1.47 bits per heavy atom. The third-order valence-corrected chi connectivity index (χ3v) is 5.39. The van der Waals surface area contributed by atoms with Crippen LogP contribution >= 0.6 is 0 Å². The van der Waals surface area contributed by atoms with E-state index in [1.54, 1.807) is 36.4 Å². The van der Waals surface area contributed by atoms with Gasteiger partial charge < -0.3 is 9.47 Å². The molecule has 0 heterocycles. The largest absolute Gasteiger partial charge is 0.573 e. The minimum atomic E-state index is -4.72. The van der Waals surface area contributed by atoms with E-state index in [1.807, 2.05) is 0 Å². The molecule has 0 unspecified atom stereocenters. The smallest absolute Gasteiger partial charge is 0.429 e. The average molecular weight is 479 g/mol. The molecule has 0 aliphatic heterocycles. The lowest BCUT2D eigenvalue weighted by molar-refractivity contribution is -0.274. The van der Waals surface area contributed by atoms with E-state index < -0.39 is 12.5 Å². The highest BCUT2D eigenvalue weighted by atomic mass is 19.4. The molecule has 0 saturated heterocycles. The Kier molecular flexibility index (Phi) is 8.53. The van der Waals surface area contributed by atoms with E-state index in [0.717, 1.165) is 42.4 Å². The minimum Gasteiger partial charge on any atom is -0.429 e. The molecule has 2 nitrogen and oxygen atoms in total. The van der Waals surface area contributed by atoms with Crippen LogP contribution in [0.3, 0.4) is 0 Å². The highest BCUT2D eigenvalue weighted by molar-refractivity contribution is 5.32. The van der Waals surface area contributed by atoms with E-state index in [9.17, 15) is 22.0 Å². The van der Waals surface area contributed by atoms with Crippen molar-refractivity contribution in [2.45, 2.75) is 57.9 Å². The van der Waals surface area contributed by atoms with Crippen LogP contribution < -0.4 is 9.47 Å². The summed E-state index contributed by atoms with van der Waals surface area (Å²) in [6.45, 7) is 2.12. The lowest BCUT2D eigenvalue weighted by Gasteiger charge is -2.19. The fraction of sp³-hybridized carbons (Fsp3) is 0.333. The number of aryl methyl sites for hydroxylation is 3. The van der Waals surface area contributed by atoms with Crippen molar-refractivity contribution in [2.24, 2.45) is 0 Å². The topological polar surface area (TPSA) is 18.5 Å². The van der Waals surface area contributed by atoms with Gasteiger partial charge in [-0.1, -0.05) is 56.2 Å². The first-order valence-corrected chi connectivity index (χ1v) is 11.2. The lowest BCUT2D eigenvalue weighted by Crippen LogP contribution is -2.21. The van der Waals surface area contributed by atoms with Gasteiger partial charge in [0, 0.05) is 0 Å². The fourth-order valence-corrected chi connectivity index (χ4v) is 3.52. The van der Waals surface area contributed by atoms with Gasteiger partial charge in [0.15, 0.2) is 0 Å². The van der Waals surface area contributed by atoms with Gasteiger partial charge >= 0.3 is 12.5 Å². The van der Waals surface area contributed by atoms with E-state index in [0.29, 0.717) is 12.8 Å². The van der Waals surface area contributed by atoms with Gasteiger partial charge in [0.05, 0.1) is 5.56 Å². The van der Waals surface area contributed by atoms with Crippen molar-refractivity contribution in [1.82, 2.24) is 0 Å². The Morgan fingerprint density at radius 2 is 1.00 bits per heavy atom. The molecule has 3 aromatic rings. The monoisotopic (exact) mass is 478 g/mol. The molecular weight excluding hydrogens is 451 g/mol. The number of hydrogen-bond acceptors (Lipinski definition) is 2. The predicted molar refractivity (Wildman–Crippen MR) is 121 cm³/mol. The summed E-state index contributed by atoms with van der Waals surface area (Å²) in [5.74, 6) is -0.223. The quantitative estimate of drug-likeness (QED) is 0.204. The summed E-state index contributed by atoms with van der Waals surface area (Å²) >= 11 is 0. The number of hydrogen-bond donors (Lipinski definition) is 0. The van der Waals surface area contributed by atoms with Crippen molar-refractivity contribution >= 4 is 0 Å². The van der Waals surface area contributed by atoms with Crippen molar-refractivity contribution in [3.63, 3.8) is 0 Å². The Hall–Kier alpha value is -3.09. The highest BCUT2D eigenvalue weighted by Gasteiger charge is 2.34. The molecule has 0 fully saturated rings. The highest BCUT2D eigenvalue weighted by Crippen LogP contribution is 2.32. The zero-order valence-corrected chi connectivity index (χ0v) is 18.9. The van der Waals surface area contributed by atoms with E-state index in [1.165, 1.54) is 36.4 Å². The zero-order valence-electron chi connectivity index (χ0n) is 18.9. The molecule has 0 bridgehead atoms. The molecule has 0 spiro atoms. The molecule has 34 heavy (non-hydrogen) atoms. The molecule has 0 amide bonds. The van der Waals surface area contributed by atoms with Gasteiger partial charge in [-0.15, -0.1) is 13.2 Å². The van der Waals surface area contributed by atoms with E-state index in [4.69, 9.17) is 4.74 Å². The van der Waals surface area contributed by atoms with Crippen LogP contribution in [0.15, 0.2) is 72.8 Å². The maximum Gasteiger partial charge on any atom is 0.573 e. The van der Waals surface area contributed by atoms with Gasteiger partial charge in [-0.3, -0.25) is 0 Å². The molecule has 0 aromatic heterocycles. The van der Waals surface area contributed by atoms with Gasteiger partial charge in [-0.05, 0) is 78.8 Å². The summed E-state index contributed by atoms with van der Waals surface area (Å²) < 4.78 is 74.7. The van der Waals surface area contributed by atoms with Gasteiger partial charge in [-0.2, -0.15) is 8.78 Å². The third kappa shape index (κ3) is 8.04. The zero-order chi connectivity index (χ0) is 24.6. The SMILES string of the molecule is CCCCCc1ccc(C(F)(F)Oc2ccc(CCc3ccc(OC(F)(F)F)cc3)cc2)cc1. The Labute approximate surface area is 196 Å². The van der Waals surface area contributed by atoms with E-state index >= 15 is 0 Å². The van der Waals surface area contributed by atoms with Crippen LogP contribution in [-0.4, -0.2) is 6.36 Å². The second-order valence-corrected chi connectivity index (χ2v) is 8.11. The number of alkyl halides is 5. The van der Waals surface area contributed by atoms with Gasteiger partial charge in [-0.25, -0.2) is 0 Å². The maximum atomic E-state index is 14.6. The van der Waals surface area contributed by atoms with Crippen molar-refractivity contribution in [3.8, 4) is 11.5 Å². The van der Waals surface area contributed by atoms with Crippen LogP contribution in [0.5, 0.6) is 11.5 Å². The molecular formula is C27H27F5O2. The van der Waals surface area contributed by atoms with Gasteiger partial charge in [0.2, 0.25) is 0 Å². The number of halogens is 5. The van der Waals surface area contributed by atoms with Crippen LogP contribution in [0.2, 0.25) is 0 Å². The molecule has 0 N–H and O–H groups in total. The number of benzene rings is 3. The number of rotatable bonds is 11. The summed E-state index contributed by atoms with van der Waals surface area (Å²) in [5, 5.41) is 0. The maximum absolute atomic E-state index is 14.6. The first kappa shape index (κ1) is 25.5. The van der Waals surface area contributed by atoms with Crippen LogP contribution in [0, 0.1) is 0 Å². The molecule has 0 aliphatic rings. The summed E-state index contributed by atoms with van der Waals surface area (Å²) in [7, 11) is 0. The van der Waals surface area contributed by atoms with Gasteiger partial charge in [0.1, 0.15) is 11.5 Å². The molecule has 0 radical (unpaired) electrons. The average Bonchev–Trinajstić information content (AvgIpc) is 2.79. The van der Waals surface area contributed by atoms with Crippen molar-refractivity contribution in [3.05, 3.63) is 95.1 Å². The normalized spacial score (nSPS) is 11.9. The van der Waals surface area contributed by atoms with Crippen LogP contribution in [0.4, 0.5) is 22.0 Å². The predicted octanol–water partition coefficient (Wildman–Crippen LogP) is 8.23. The first-order valence-electron chi connectivity index (χ1n) is 11.2. The number of unbranched alkanes of at least 4 members (excludes halogenated alkanes) is 2. The van der Waals surface area contributed by atoms with Crippen LogP contribution in [0.25, 0.3) is 0 Å². The molecule has 3 rings (SSSR count). The van der Waals surface area contributed by atoms with E-state index in [-0.39, 0.29) is 17.1 Å². The fourth-order valence-electron chi connectivity index (χ4n) is 3.52. The standard InChI is InChI=1S/C27H27F5O2/c1-2-3-4-5-20-8-14-23(15-9-20)26(28,29)33-24-16-10-21(11-17-24)6-7-22-12-18-25(19-13-22)34-27(30,31)32/h8-19H,2-7H2,1H3. The Bertz CT molecular complexity index is 1010. The first-order chi connectivity index (χ1) is 16.1. The number of ether oxygens (including phenoxy) is 2. The molecule has 0 aliphatic carbocycles. The molecule has 182 valence electrons. The van der Waals surface area contributed by atoms with Crippen molar-refractivity contribution < 1.29 is 31.4 Å². The van der Waals surface area contributed by atoms with E-state index in [2.05, 4.69) is 11.7 Å². The van der Waals surface area contributed by atoms with Crippen molar-refractivity contribution in [2.75, 3.05) is 0 Å².